The number of carbonyl (C=O) groups excluding carboxylic acids is 3. The third kappa shape index (κ3) is 8.41. The quantitative estimate of drug-likeness (QED) is 0.0579. The average Bonchev–Trinajstić information content (AvgIpc) is 3.62. The molecule has 3 N–H and O–H groups in total. The van der Waals surface area contributed by atoms with E-state index in [1.807, 2.05) is 0 Å². The lowest BCUT2D eigenvalue weighted by molar-refractivity contribution is -0.143. The minimum atomic E-state index is -5.75. The molecule has 5 rings (SSSR count). The Bertz CT molecular complexity index is 2010. The van der Waals surface area contributed by atoms with E-state index in [2.05, 4.69) is 10.6 Å². The van der Waals surface area contributed by atoms with Crippen molar-refractivity contribution in [3.63, 3.8) is 0 Å². The molecule has 0 fully saturated rings. The Balaban J connectivity index is 1.35. The third-order valence-corrected chi connectivity index (χ3v) is 8.95. The van der Waals surface area contributed by atoms with Crippen LogP contribution >= 0.6 is 23.1 Å². The third-order valence-electron chi connectivity index (χ3n) is 6.86. The Morgan fingerprint density at radius 2 is 1.32 bits per heavy atom. The molecule has 6 nitrogen and oxygen atoms in total. The van der Waals surface area contributed by atoms with Crippen LogP contribution in [0.25, 0.3) is 6.08 Å². The molecule has 1 unspecified atom stereocenters. The number of alkyl halides is 3. The molecule has 0 saturated heterocycles. The number of carbonyl (C=O) groups is 3. The van der Waals surface area contributed by atoms with E-state index in [1.165, 1.54) is 53.8 Å². The zero-order valence-corrected chi connectivity index (χ0v) is 26.8. The molecular weight excluding hydrogens is 708 g/mol. The van der Waals surface area contributed by atoms with Gasteiger partial charge in [0.25, 0.3) is 11.8 Å². The Kier molecular flexibility index (Phi) is 11.1. The molecule has 0 bridgehead atoms. The summed E-state index contributed by atoms with van der Waals surface area (Å²) in [6.07, 6.45) is -4.24. The van der Waals surface area contributed by atoms with E-state index in [1.54, 1.807) is 71.4 Å². The molecule has 1 atom stereocenters. The van der Waals surface area contributed by atoms with Crippen LogP contribution in [0, 0.1) is 23.3 Å². The van der Waals surface area contributed by atoms with Gasteiger partial charge in [-0.1, -0.05) is 54.6 Å². The number of amides is 3. The first-order valence-electron chi connectivity index (χ1n) is 14.3. The predicted octanol–water partition coefficient (Wildman–Crippen LogP) is 9.20. The first kappa shape index (κ1) is 35.9. The van der Waals surface area contributed by atoms with Gasteiger partial charge in [-0.25, -0.2) is 17.6 Å². The molecule has 15 heteroatoms. The zero-order valence-electron chi connectivity index (χ0n) is 25.2. The van der Waals surface area contributed by atoms with E-state index in [0.29, 0.717) is 15.3 Å². The molecule has 1 heterocycles. The minimum Gasteiger partial charge on any atom is -0.321 e. The Morgan fingerprint density at radius 1 is 0.720 bits per heavy atom. The summed E-state index contributed by atoms with van der Waals surface area (Å²) < 4.78 is 96.7. The van der Waals surface area contributed by atoms with Gasteiger partial charge in [0.05, 0.1) is 0 Å². The SMILES string of the molecule is O=C(Nc1ccc(SC(C(=O)Nc2c(F)c(F)c(C(F)(F)F)c(F)c2F)c2ccccc2)cc1)/C(=C/c1cccs1)NC(=O)c1ccccc1. The molecule has 3 amide bonds. The van der Waals surface area contributed by atoms with Crippen molar-refractivity contribution in [2.75, 3.05) is 10.6 Å². The van der Waals surface area contributed by atoms with Gasteiger partial charge in [-0.2, -0.15) is 13.2 Å². The fourth-order valence-corrected chi connectivity index (χ4v) is 6.17. The number of anilines is 2. The molecule has 0 saturated carbocycles. The molecule has 0 aliphatic rings. The molecule has 0 aliphatic heterocycles. The number of nitrogens with one attached hydrogen (secondary N) is 3. The summed E-state index contributed by atoms with van der Waals surface area (Å²) in [6, 6.07) is 25.4. The number of thiophene rings is 1. The smallest absolute Gasteiger partial charge is 0.321 e. The van der Waals surface area contributed by atoms with Crippen LogP contribution < -0.4 is 16.0 Å². The van der Waals surface area contributed by atoms with E-state index < -0.39 is 63.7 Å². The molecule has 1 aromatic heterocycles. The molecule has 0 radical (unpaired) electrons. The molecule has 256 valence electrons. The Hall–Kier alpha value is -5.41. The van der Waals surface area contributed by atoms with Crippen molar-refractivity contribution >= 4 is 58.3 Å². The van der Waals surface area contributed by atoms with Gasteiger partial charge in [0, 0.05) is 21.0 Å². The number of benzene rings is 4. The lowest BCUT2D eigenvalue weighted by Gasteiger charge is -2.19. The molecule has 4 aromatic carbocycles. The normalized spacial score (nSPS) is 12.3. The van der Waals surface area contributed by atoms with E-state index in [9.17, 15) is 45.1 Å². The first-order valence-corrected chi connectivity index (χ1v) is 16.1. The number of hydrogen-bond donors (Lipinski definition) is 3. The van der Waals surface area contributed by atoms with E-state index in [0.717, 1.165) is 11.8 Å². The van der Waals surface area contributed by atoms with Gasteiger partial charge < -0.3 is 16.0 Å². The maximum Gasteiger partial charge on any atom is 0.422 e. The highest BCUT2D eigenvalue weighted by Crippen LogP contribution is 2.40. The fraction of sp³-hybridized carbons (Fsp3) is 0.0571. The van der Waals surface area contributed by atoms with Crippen LogP contribution in [0.5, 0.6) is 0 Å². The number of rotatable bonds is 10. The average molecular weight is 730 g/mol. The van der Waals surface area contributed by atoms with Crippen LogP contribution in [0.3, 0.4) is 0 Å². The van der Waals surface area contributed by atoms with Gasteiger partial charge in [-0.05, 0) is 59.5 Å². The van der Waals surface area contributed by atoms with E-state index in [4.69, 9.17) is 0 Å². The van der Waals surface area contributed by atoms with Crippen molar-refractivity contribution in [2.45, 2.75) is 16.3 Å². The first-order chi connectivity index (χ1) is 23.8. The zero-order chi connectivity index (χ0) is 36.0. The number of halogens is 7. The van der Waals surface area contributed by atoms with Gasteiger partial charge in [-0.15, -0.1) is 23.1 Å². The lowest BCUT2D eigenvalue weighted by Crippen LogP contribution is -2.30. The highest BCUT2D eigenvalue weighted by molar-refractivity contribution is 8.00. The minimum absolute atomic E-state index is 0.0452. The van der Waals surface area contributed by atoms with Gasteiger partial charge in [0.2, 0.25) is 5.91 Å². The molecule has 0 spiro atoms. The van der Waals surface area contributed by atoms with E-state index in [-0.39, 0.29) is 16.9 Å². The van der Waals surface area contributed by atoms with Gasteiger partial charge >= 0.3 is 6.18 Å². The van der Waals surface area contributed by atoms with Crippen molar-refractivity contribution in [1.29, 1.82) is 0 Å². The lowest BCUT2D eigenvalue weighted by atomic mass is 10.1. The van der Waals surface area contributed by atoms with Crippen LogP contribution in [0.1, 0.15) is 31.6 Å². The van der Waals surface area contributed by atoms with Crippen LogP contribution in [0.15, 0.2) is 113 Å². The van der Waals surface area contributed by atoms with Crippen LogP contribution in [0.4, 0.5) is 42.1 Å². The van der Waals surface area contributed by atoms with E-state index >= 15 is 0 Å². The standard InChI is InChI=1S/C35H22F7N3O3S2/c36-26-25(35(40,41)42)27(37)29(39)30(28(26)38)45-34(48)31(19-8-3-1-4-9-19)50-22-15-13-21(14-16-22)43-33(47)24(18-23-12-7-17-49-23)44-32(46)20-10-5-2-6-11-20/h1-18,31H,(H,43,47)(H,44,46)(H,45,48)/b24-18-. The van der Waals surface area contributed by atoms with Crippen LogP contribution in [0.2, 0.25) is 0 Å². The van der Waals surface area contributed by atoms with Crippen molar-refractivity contribution in [1.82, 2.24) is 5.32 Å². The van der Waals surface area contributed by atoms with Gasteiger partial charge in [0.1, 0.15) is 22.2 Å². The van der Waals surface area contributed by atoms with Gasteiger partial charge in [-0.3, -0.25) is 14.4 Å². The van der Waals surface area contributed by atoms with Crippen molar-refractivity contribution in [2.24, 2.45) is 0 Å². The van der Waals surface area contributed by atoms with Gasteiger partial charge in [0.15, 0.2) is 23.3 Å². The van der Waals surface area contributed by atoms with Crippen molar-refractivity contribution in [3.8, 4) is 0 Å². The second-order valence-corrected chi connectivity index (χ2v) is 12.4. The largest absolute Gasteiger partial charge is 0.422 e. The highest BCUT2D eigenvalue weighted by Gasteiger charge is 2.43. The van der Waals surface area contributed by atoms with Crippen LogP contribution in [-0.2, 0) is 15.8 Å². The summed E-state index contributed by atoms with van der Waals surface area (Å²) in [6.45, 7) is 0. The van der Waals surface area contributed by atoms with Crippen molar-refractivity contribution in [3.05, 3.63) is 153 Å². The monoisotopic (exact) mass is 729 g/mol. The summed E-state index contributed by atoms with van der Waals surface area (Å²) in [5.41, 5.74) is -3.64. The fourth-order valence-electron chi connectivity index (χ4n) is 4.49. The second-order valence-electron chi connectivity index (χ2n) is 10.3. The number of hydrogen-bond acceptors (Lipinski definition) is 5. The molecule has 5 aromatic rings. The summed E-state index contributed by atoms with van der Waals surface area (Å²) in [4.78, 5) is 40.5. The molecule has 0 aliphatic carbocycles. The predicted molar refractivity (Wildman–Crippen MR) is 176 cm³/mol. The Morgan fingerprint density at radius 3 is 1.88 bits per heavy atom. The summed E-state index contributed by atoms with van der Waals surface area (Å²) in [5.74, 6) is -12.6. The Labute approximate surface area is 288 Å². The highest BCUT2D eigenvalue weighted by atomic mass is 32.2. The number of thioether (sulfide) groups is 1. The maximum atomic E-state index is 14.6. The van der Waals surface area contributed by atoms with Crippen molar-refractivity contribution < 1.29 is 45.1 Å². The molecule has 50 heavy (non-hydrogen) atoms. The molecular formula is C35H22F7N3O3S2. The summed E-state index contributed by atoms with van der Waals surface area (Å²) in [5, 5.41) is 7.47. The maximum absolute atomic E-state index is 14.6. The summed E-state index contributed by atoms with van der Waals surface area (Å²) >= 11 is 2.18. The summed E-state index contributed by atoms with van der Waals surface area (Å²) in [7, 11) is 0. The van der Waals surface area contributed by atoms with Crippen LogP contribution in [-0.4, -0.2) is 17.7 Å². The topological polar surface area (TPSA) is 87.3 Å². The second kappa shape index (κ2) is 15.4.